The third-order valence-corrected chi connectivity index (χ3v) is 6.80. The van der Waals surface area contributed by atoms with Gasteiger partial charge in [-0.1, -0.05) is 31.4 Å². The number of ether oxygens (including phenoxy) is 1. The van der Waals surface area contributed by atoms with Crippen LogP contribution in [0.15, 0.2) is 24.3 Å². The van der Waals surface area contributed by atoms with E-state index in [0.29, 0.717) is 11.6 Å². The summed E-state index contributed by atoms with van der Waals surface area (Å²) in [6, 6.07) is 9.50. The molecular weight excluding hydrogens is 324 g/mol. The highest BCUT2D eigenvalue weighted by Crippen LogP contribution is 2.38. The lowest BCUT2D eigenvalue weighted by molar-refractivity contribution is -0.00380. The van der Waals surface area contributed by atoms with Crippen molar-refractivity contribution in [3.63, 3.8) is 0 Å². The van der Waals surface area contributed by atoms with Gasteiger partial charge in [-0.2, -0.15) is 0 Å². The van der Waals surface area contributed by atoms with Gasteiger partial charge in [-0.15, -0.1) is 0 Å². The van der Waals surface area contributed by atoms with Gasteiger partial charge in [-0.05, 0) is 55.8 Å². The number of hydrogen-bond acceptors (Lipinski definition) is 4. The van der Waals surface area contributed by atoms with Crippen LogP contribution < -0.4 is 0 Å². The molecule has 0 aromatic heterocycles. The third-order valence-electron chi connectivity index (χ3n) is 6.80. The van der Waals surface area contributed by atoms with Crippen molar-refractivity contribution >= 4 is 5.97 Å². The fourth-order valence-corrected chi connectivity index (χ4v) is 5.54. The van der Waals surface area contributed by atoms with Crippen LogP contribution in [0.2, 0.25) is 0 Å². The van der Waals surface area contributed by atoms with Crippen LogP contribution in [-0.2, 0) is 11.3 Å². The first kappa shape index (κ1) is 18.0. The number of nitrogens with zero attached hydrogens (tertiary/aromatic N) is 2. The van der Waals surface area contributed by atoms with Crippen LogP contribution >= 0.6 is 0 Å². The molecule has 1 aromatic rings. The molecule has 0 unspecified atom stereocenters. The molecule has 0 spiro atoms. The average Bonchev–Trinajstić information content (AvgIpc) is 3.17. The van der Waals surface area contributed by atoms with Crippen molar-refractivity contribution in [1.82, 2.24) is 9.80 Å². The molecule has 1 aliphatic carbocycles. The maximum Gasteiger partial charge on any atom is 0.337 e. The number of carbonyl (C=O) groups is 1. The van der Waals surface area contributed by atoms with E-state index < -0.39 is 0 Å². The van der Waals surface area contributed by atoms with Crippen LogP contribution in [0.4, 0.5) is 0 Å². The fourth-order valence-electron chi connectivity index (χ4n) is 5.54. The standard InChI is InChI=1S/C22H32N2O2/c1-26-22(25)19-11-9-17(10-12-19)16-24-15-14-23-13-5-8-20(23)21(24)18-6-3-2-4-7-18/h9-12,18,20-21H,2-8,13-16H2,1H3/t20-,21+/m1/s1. The van der Waals surface area contributed by atoms with E-state index >= 15 is 0 Å². The summed E-state index contributed by atoms with van der Waals surface area (Å²) in [6.45, 7) is 4.70. The molecule has 0 bridgehead atoms. The van der Waals surface area contributed by atoms with Gasteiger partial charge in [0, 0.05) is 31.7 Å². The first-order valence-electron chi connectivity index (χ1n) is 10.4. The van der Waals surface area contributed by atoms with E-state index in [2.05, 4.69) is 21.9 Å². The van der Waals surface area contributed by atoms with Gasteiger partial charge in [-0.3, -0.25) is 9.80 Å². The Morgan fingerprint density at radius 3 is 2.50 bits per heavy atom. The van der Waals surface area contributed by atoms with Gasteiger partial charge < -0.3 is 4.74 Å². The second-order valence-electron chi connectivity index (χ2n) is 8.29. The highest BCUT2D eigenvalue weighted by atomic mass is 16.5. The summed E-state index contributed by atoms with van der Waals surface area (Å²) < 4.78 is 4.81. The van der Waals surface area contributed by atoms with E-state index in [1.54, 1.807) is 0 Å². The minimum Gasteiger partial charge on any atom is -0.465 e. The highest BCUT2D eigenvalue weighted by Gasteiger charge is 2.42. The topological polar surface area (TPSA) is 32.8 Å². The quantitative estimate of drug-likeness (QED) is 0.770. The molecule has 0 radical (unpaired) electrons. The first-order chi connectivity index (χ1) is 12.8. The molecule has 2 aliphatic heterocycles. The van der Waals surface area contributed by atoms with Crippen molar-refractivity contribution in [2.75, 3.05) is 26.7 Å². The Labute approximate surface area is 157 Å². The Balaban J connectivity index is 1.50. The minimum atomic E-state index is -0.254. The summed E-state index contributed by atoms with van der Waals surface area (Å²) in [5.41, 5.74) is 1.95. The number of carbonyl (C=O) groups excluding carboxylic acids is 1. The second-order valence-corrected chi connectivity index (χ2v) is 8.29. The molecule has 0 N–H and O–H groups in total. The van der Waals surface area contributed by atoms with Crippen molar-refractivity contribution in [3.8, 4) is 0 Å². The van der Waals surface area contributed by atoms with Gasteiger partial charge in [0.25, 0.3) is 0 Å². The van der Waals surface area contributed by atoms with Crippen molar-refractivity contribution in [2.24, 2.45) is 5.92 Å². The molecular formula is C22H32N2O2. The predicted molar refractivity (Wildman–Crippen MR) is 103 cm³/mol. The third kappa shape index (κ3) is 3.67. The Bertz CT molecular complexity index is 609. The molecule has 2 saturated heterocycles. The monoisotopic (exact) mass is 356 g/mol. The van der Waals surface area contributed by atoms with E-state index in [0.717, 1.165) is 18.5 Å². The van der Waals surface area contributed by atoms with E-state index in [9.17, 15) is 4.79 Å². The molecule has 3 fully saturated rings. The Kier molecular flexibility index (Phi) is 5.60. The molecule has 4 rings (SSSR count). The van der Waals surface area contributed by atoms with E-state index in [1.807, 2.05) is 12.1 Å². The van der Waals surface area contributed by atoms with Crippen LogP contribution in [0, 0.1) is 5.92 Å². The number of methoxy groups -OCH3 is 1. The van der Waals surface area contributed by atoms with Gasteiger partial charge in [-0.25, -0.2) is 4.79 Å². The lowest BCUT2D eigenvalue weighted by Crippen LogP contribution is -2.59. The highest BCUT2D eigenvalue weighted by molar-refractivity contribution is 5.89. The summed E-state index contributed by atoms with van der Waals surface area (Å²) in [5, 5.41) is 0. The van der Waals surface area contributed by atoms with Crippen LogP contribution in [-0.4, -0.2) is 54.6 Å². The lowest BCUT2D eigenvalue weighted by Gasteiger charge is -2.49. The molecule has 4 nitrogen and oxygen atoms in total. The van der Waals surface area contributed by atoms with Crippen molar-refractivity contribution in [1.29, 1.82) is 0 Å². The van der Waals surface area contributed by atoms with E-state index in [4.69, 9.17) is 4.74 Å². The predicted octanol–water partition coefficient (Wildman–Crippen LogP) is 3.70. The van der Waals surface area contributed by atoms with Gasteiger partial charge in [0.1, 0.15) is 0 Å². The van der Waals surface area contributed by atoms with Gasteiger partial charge in [0.15, 0.2) is 0 Å². The molecule has 0 amide bonds. The molecule has 1 aromatic carbocycles. The number of esters is 1. The van der Waals surface area contributed by atoms with Crippen LogP contribution in [0.1, 0.15) is 60.9 Å². The van der Waals surface area contributed by atoms with Crippen LogP contribution in [0.3, 0.4) is 0 Å². The molecule has 3 aliphatic rings. The summed E-state index contributed by atoms with van der Waals surface area (Å²) in [5.74, 6) is 0.611. The fraction of sp³-hybridized carbons (Fsp3) is 0.682. The molecule has 2 atom stereocenters. The van der Waals surface area contributed by atoms with E-state index in [1.165, 1.54) is 77.3 Å². The number of hydrogen-bond donors (Lipinski definition) is 0. The summed E-state index contributed by atoms with van der Waals surface area (Å²) >= 11 is 0. The van der Waals surface area contributed by atoms with E-state index in [-0.39, 0.29) is 5.97 Å². The molecule has 142 valence electrons. The SMILES string of the molecule is COC(=O)c1ccc(CN2CCN3CCC[C@@H]3[C@@H]2C2CCCCC2)cc1. The Hall–Kier alpha value is -1.39. The maximum atomic E-state index is 11.7. The minimum absolute atomic E-state index is 0.254. The molecule has 4 heteroatoms. The number of rotatable bonds is 4. The Morgan fingerprint density at radius 2 is 1.77 bits per heavy atom. The zero-order valence-electron chi connectivity index (χ0n) is 16.0. The Morgan fingerprint density at radius 1 is 1.00 bits per heavy atom. The number of piperazine rings is 1. The number of benzene rings is 1. The lowest BCUT2D eigenvalue weighted by atomic mass is 9.78. The second kappa shape index (κ2) is 8.10. The zero-order chi connectivity index (χ0) is 17.9. The van der Waals surface area contributed by atoms with Gasteiger partial charge in [0.05, 0.1) is 12.7 Å². The normalized spacial score (nSPS) is 28.0. The van der Waals surface area contributed by atoms with Gasteiger partial charge in [0.2, 0.25) is 0 Å². The smallest absolute Gasteiger partial charge is 0.337 e. The van der Waals surface area contributed by atoms with Gasteiger partial charge >= 0.3 is 5.97 Å². The number of fused-ring (bicyclic) bond motifs is 1. The molecule has 1 saturated carbocycles. The summed E-state index contributed by atoms with van der Waals surface area (Å²) in [6.07, 6.45) is 9.81. The molecule has 26 heavy (non-hydrogen) atoms. The van der Waals surface area contributed by atoms with Crippen LogP contribution in [0.5, 0.6) is 0 Å². The van der Waals surface area contributed by atoms with Crippen molar-refractivity contribution in [3.05, 3.63) is 35.4 Å². The summed E-state index contributed by atoms with van der Waals surface area (Å²) in [4.78, 5) is 17.2. The molecule has 2 heterocycles. The van der Waals surface area contributed by atoms with Crippen molar-refractivity contribution in [2.45, 2.75) is 63.6 Å². The van der Waals surface area contributed by atoms with Crippen LogP contribution in [0.25, 0.3) is 0 Å². The zero-order valence-corrected chi connectivity index (χ0v) is 16.0. The summed E-state index contributed by atoms with van der Waals surface area (Å²) in [7, 11) is 1.44. The average molecular weight is 357 g/mol. The maximum absolute atomic E-state index is 11.7. The van der Waals surface area contributed by atoms with Crippen molar-refractivity contribution < 1.29 is 9.53 Å². The largest absolute Gasteiger partial charge is 0.465 e. The first-order valence-corrected chi connectivity index (χ1v) is 10.4.